The molecular weight excluding hydrogens is 98.9 g/mol. The molecule has 0 bridgehead atoms. The van der Waals surface area contributed by atoms with Gasteiger partial charge in [0.15, 0.2) is 0 Å². The summed E-state index contributed by atoms with van der Waals surface area (Å²) < 4.78 is 0. The first-order valence-corrected chi connectivity index (χ1v) is 2.76. The zero-order valence-electron chi connectivity index (χ0n) is 6.19. The third-order valence-corrected chi connectivity index (χ3v) is 0.498. The molecule has 0 aliphatic rings. The molecule has 0 heterocycles. The van der Waals surface area contributed by atoms with E-state index >= 15 is 0 Å². The molecule has 47 valence electrons. The van der Waals surface area contributed by atoms with Crippen LogP contribution in [0.3, 0.4) is 0 Å². The molecule has 0 rings (SSSR count). The molecule has 3 radical (unpaired) electrons. The first kappa shape index (κ1) is 15.6. The summed E-state index contributed by atoms with van der Waals surface area (Å²) >= 11 is 0. The predicted molar refractivity (Wildman–Crippen MR) is 38.1 cm³/mol. The molecule has 0 aliphatic heterocycles. The van der Waals surface area contributed by atoms with Crippen LogP contribution < -0.4 is 0 Å². The molecule has 0 aromatic carbocycles. The van der Waals surface area contributed by atoms with Crippen molar-refractivity contribution in [3.63, 3.8) is 0 Å². The van der Waals surface area contributed by atoms with E-state index in [0.29, 0.717) is 6.42 Å². The Hall–Kier alpha value is -0.265. The largest absolute Gasteiger partial charge is 0.300 e. The molecule has 0 aliphatic carbocycles. The average molecular weight is 113 g/mol. The van der Waals surface area contributed by atoms with Gasteiger partial charge in [0.25, 0.3) is 0 Å². The summed E-state index contributed by atoms with van der Waals surface area (Å²) in [6.45, 7) is 7.43. The van der Waals surface area contributed by atoms with Crippen LogP contribution in [-0.4, -0.2) is 14.2 Å². The Labute approximate surface area is 54.1 Å². The minimum absolute atomic E-state index is 0. The van der Waals surface area contributed by atoms with Crippen molar-refractivity contribution in [3.8, 4) is 0 Å². The molecule has 0 saturated carbocycles. The van der Waals surface area contributed by atoms with Crippen LogP contribution in [0.25, 0.3) is 0 Å². The number of ketones is 1. The number of Topliss-reactive ketones (excluding diaryl/α,β-unsaturated/α-hetero) is 1. The van der Waals surface area contributed by atoms with E-state index in [-0.39, 0.29) is 14.2 Å². The fourth-order valence-corrected chi connectivity index (χ4v) is 0. The number of hydrogen-bond donors (Lipinski definition) is 0. The Morgan fingerprint density at radius 3 is 1.50 bits per heavy atom. The van der Waals surface area contributed by atoms with Gasteiger partial charge in [-0.2, -0.15) is 0 Å². The van der Waals surface area contributed by atoms with Crippen LogP contribution in [0.15, 0.2) is 0 Å². The highest BCUT2D eigenvalue weighted by Gasteiger charge is 1.76. The standard InChI is InChI=1S/C4H8O.C2H6.B/c1-3-4(2)5;1-2;/h3H2,1-2H3;1-2H3;. The Bertz CT molecular complexity index is 43.8. The molecule has 0 saturated heterocycles. The van der Waals surface area contributed by atoms with Crippen molar-refractivity contribution in [2.24, 2.45) is 0 Å². The molecule has 0 atom stereocenters. The molecule has 0 spiro atoms. The maximum atomic E-state index is 9.81. The van der Waals surface area contributed by atoms with Crippen molar-refractivity contribution in [1.29, 1.82) is 0 Å². The third-order valence-electron chi connectivity index (χ3n) is 0.498. The minimum Gasteiger partial charge on any atom is -0.300 e. The van der Waals surface area contributed by atoms with Gasteiger partial charge in [-0.3, -0.25) is 0 Å². The van der Waals surface area contributed by atoms with Crippen LogP contribution in [-0.2, 0) is 4.79 Å². The van der Waals surface area contributed by atoms with Gasteiger partial charge < -0.3 is 4.79 Å². The highest BCUT2D eigenvalue weighted by atomic mass is 16.1. The lowest BCUT2D eigenvalue weighted by atomic mass is 10.4. The smallest absolute Gasteiger partial charge is 0.129 e. The predicted octanol–water partition coefficient (Wildman–Crippen LogP) is 1.63. The Balaban J connectivity index is -0.0000000750. The molecule has 0 amide bonds. The number of hydrogen-bond acceptors (Lipinski definition) is 1. The maximum Gasteiger partial charge on any atom is 0.129 e. The second-order valence-corrected chi connectivity index (χ2v) is 1.06. The van der Waals surface area contributed by atoms with E-state index in [4.69, 9.17) is 0 Å². The molecular formula is C6H14BO. The zero-order chi connectivity index (χ0) is 6.28. The fourth-order valence-electron chi connectivity index (χ4n) is 0. The molecule has 0 N–H and O–H groups in total. The lowest BCUT2D eigenvalue weighted by Gasteiger charge is -1.71. The van der Waals surface area contributed by atoms with Crippen LogP contribution in [0, 0.1) is 0 Å². The van der Waals surface area contributed by atoms with Crippen molar-refractivity contribution in [3.05, 3.63) is 0 Å². The van der Waals surface area contributed by atoms with Crippen molar-refractivity contribution in [1.82, 2.24) is 0 Å². The van der Waals surface area contributed by atoms with E-state index in [0.717, 1.165) is 0 Å². The quantitative estimate of drug-likeness (QED) is 0.472. The third kappa shape index (κ3) is 42.7. The second kappa shape index (κ2) is 15.9. The molecule has 1 nitrogen and oxygen atoms in total. The van der Waals surface area contributed by atoms with Gasteiger partial charge in [-0.1, -0.05) is 20.8 Å². The summed E-state index contributed by atoms with van der Waals surface area (Å²) in [6, 6.07) is 0. The SMILES string of the molecule is CC.CCC(C)=O.[B]. The second-order valence-electron chi connectivity index (χ2n) is 1.06. The number of carbonyl (C=O) groups excluding carboxylic acids is 1. The van der Waals surface area contributed by atoms with E-state index < -0.39 is 0 Å². The molecule has 0 fully saturated rings. The highest BCUT2D eigenvalue weighted by Crippen LogP contribution is 1.71. The van der Waals surface area contributed by atoms with E-state index in [1.165, 1.54) is 0 Å². The molecule has 0 unspecified atom stereocenters. The first-order chi connectivity index (χ1) is 3.27. The normalized spacial score (nSPS) is 5.50. The van der Waals surface area contributed by atoms with Crippen molar-refractivity contribution < 1.29 is 4.79 Å². The molecule has 0 aromatic heterocycles. The lowest BCUT2D eigenvalue weighted by Crippen LogP contribution is -1.80. The monoisotopic (exact) mass is 113 g/mol. The molecule has 0 aromatic rings. The lowest BCUT2D eigenvalue weighted by molar-refractivity contribution is -0.116. The van der Waals surface area contributed by atoms with Crippen LogP contribution in [0.1, 0.15) is 34.1 Å². The van der Waals surface area contributed by atoms with Gasteiger partial charge in [-0.05, 0) is 6.92 Å². The Kier molecular flexibility index (Phi) is 31.1. The van der Waals surface area contributed by atoms with E-state index in [9.17, 15) is 4.79 Å². The van der Waals surface area contributed by atoms with Gasteiger partial charge in [0.2, 0.25) is 0 Å². The summed E-state index contributed by atoms with van der Waals surface area (Å²) in [6.07, 6.45) is 0.667. The van der Waals surface area contributed by atoms with Crippen molar-refractivity contribution in [2.75, 3.05) is 0 Å². The average Bonchev–Trinajstić information content (AvgIpc) is 1.73. The van der Waals surface area contributed by atoms with Gasteiger partial charge in [0, 0.05) is 14.8 Å². The van der Waals surface area contributed by atoms with Crippen LogP contribution in [0.5, 0.6) is 0 Å². The summed E-state index contributed by atoms with van der Waals surface area (Å²) in [5.74, 6) is 0.255. The maximum absolute atomic E-state index is 9.81. The topological polar surface area (TPSA) is 17.1 Å². The summed E-state index contributed by atoms with van der Waals surface area (Å²) in [5.41, 5.74) is 0. The Morgan fingerprint density at radius 1 is 1.38 bits per heavy atom. The number of rotatable bonds is 1. The fraction of sp³-hybridized carbons (Fsp3) is 0.833. The highest BCUT2D eigenvalue weighted by molar-refractivity contribution is 5.75. The van der Waals surface area contributed by atoms with Gasteiger partial charge in [0.05, 0.1) is 0 Å². The van der Waals surface area contributed by atoms with E-state index in [1.54, 1.807) is 6.92 Å². The van der Waals surface area contributed by atoms with Crippen molar-refractivity contribution in [2.45, 2.75) is 34.1 Å². The van der Waals surface area contributed by atoms with E-state index in [2.05, 4.69) is 0 Å². The zero-order valence-corrected chi connectivity index (χ0v) is 6.19. The van der Waals surface area contributed by atoms with Gasteiger partial charge in [-0.15, -0.1) is 0 Å². The van der Waals surface area contributed by atoms with Gasteiger partial charge in [-0.25, -0.2) is 0 Å². The van der Waals surface area contributed by atoms with E-state index in [1.807, 2.05) is 20.8 Å². The minimum atomic E-state index is 0. The van der Waals surface area contributed by atoms with Crippen LogP contribution >= 0.6 is 0 Å². The van der Waals surface area contributed by atoms with Crippen LogP contribution in [0.4, 0.5) is 0 Å². The summed E-state index contributed by atoms with van der Waals surface area (Å²) in [5, 5.41) is 0. The number of carbonyl (C=O) groups is 1. The summed E-state index contributed by atoms with van der Waals surface area (Å²) in [7, 11) is 0. The van der Waals surface area contributed by atoms with Crippen molar-refractivity contribution >= 4 is 14.2 Å². The summed E-state index contributed by atoms with van der Waals surface area (Å²) in [4.78, 5) is 9.81. The Morgan fingerprint density at radius 2 is 1.50 bits per heavy atom. The van der Waals surface area contributed by atoms with Gasteiger partial charge in [0.1, 0.15) is 5.78 Å². The molecule has 2 heteroatoms. The van der Waals surface area contributed by atoms with Gasteiger partial charge >= 0.3 is 0 Å². The first-order valence-electron chi connectivity index (χ1n) is 2.76. The van der Waals surface area contributed by atoms with Crippen LogP contribution in [0.2, 0.25) is 0 Å². The molecule has 8 heavy (non-hydrogen) atoms.